The molecular formula is C12H25NO2. The molecule has 0 saturated carbocycles. The first-order valence-electron chi connectivity index (χ1n) is 5.70. The molecule has 0 bridgehead atoms. The summed E-state index contributed by atoms with van der Waals surface area (Å²) in [5, 5.41) is 3.45. The molecule has 90 valence electrons. The number of hydrogen-bond acceptors (Lipinski definition) is 3. The van der Waals surface area contributed by atoms with Crippen molar-refractivity contribution in [2.75, 3.05) is 20.8 Å². The normalized spacial score (nSPS) is 13.1. The molecule has 1 unspecified atom stereocenters. The maximum absolute atomic E-state index is 5.28. The van der Waals surface area contributed by atoms with E-state index in [0.29, 0.717) is 0 Å². The molecule has 3 heteroatoms. The second-order valence-corrected chi connectivity index (χ2v) is 3.62. The Morgan fingerprint density at radius 2 is 2.00 bits per heavy atom. The molecule has 0 aliphatic carbocycles. The van der Waals surface area contributed by atoms with Gasteiger partial charge in [0, 0.05) is 14.2 Å². The van der Waals surface area contributed by atoms with Crippen molar-refractivity contribution in [2.24, 2.45) is 0 Å². The lowest BCUT2D eigenvalue weighted by Crippen LogP contribution is -2.42. The second-order valence-electron chi connectivity index (χ2n) is 3.62. The highest BCUT2D eigenvalue weighted by molar-refractivity contribution is 4.74. The Kier molecular flexibility index (Phi) is 9.89. The molecule has 0 rings (SSSR count). The highest BCUT2D eigenvalue weighted by Crippen LogP contribution is 2.09. The van der Waals surface area contributed by atoms with E-state index in [1.165, 1.54) is 0 Å². The number of unbranched alkanes of at least 4 members (excludes halogenated alkanes) is 1. The van der Waals surface area contributed by atoms with Crippen molar-refractivity contribution in [1.29, 1.82) is 0 Å². The van der Waals surface area contributed by atoms with Gasteiger partial charge in [0.15, 0.2) is 6.29 Å². The minimum absolute atomic E-state index is 0.152. The Morgan fingerprint density at radius 1 is 1.33 bits per heavy atom. The van der Waals surface area contributed by atoms with Gasteiger partial charge in [0.1, 0.15) is 0 Å². The average Bonchev–Trinajstić information content (AvgIpc) is 2.26. The van der Waals surface area contributed by atoms with E-state index in [1.54, 1.807) is 14.2 Å². The maximum atomic E-state index is 5.28. The number of methoxy groups -OCH3 is 2. The fraction of sp³-hybridized carbons (Fsp3) is 0.833. The molecule has 0 aliphatic rings. The van der Waals surface area contributed by atoms with Crippen LogP contribution in [0.15, 0.2) is 12.7 Å². The van der Waals surface area contributed by atoms with Crippen LogP contribution >= 0.6 is 0 Å². The Balaban J connectivity index is 3.96. The third-order valence-corrected chi connectivity index (χ3v) is 2.37. The molecule has 0 aromatic rings. The van der Waals surface area contributed by atoms with Gasteiger partial charge in [0.25, 0.3) is 0 Å². The van der Waals surface area contributed by atoms with Crippen LogP contribution < -0.4 is 5.32 Å². The fourth-order valence-corrected chi connectivity index (χ4v) is 1.57. The molecule has 0 heterocycles. The van der Waals surface area contributed by atoms with Crippen LogP contribution in [0.4, 0.5) is 0 Å². The summed E-state index contributed by atoms with van der Waals surface area (Å²) in [6.07, 6.45) is 6.14. The van der Waals surface area contributed by atoms with Crippen LogP contribution in [0.5, 0.6) is 0 Å². The number of nitrogens with one attached hydrogen (secondary N) is 1. The largest absolute Gasteiger partial charge is 0.354 e. The molecule has 0 fully saturated rings. The number of rotatable bonds is 10. The quantitative estimate of drug-likeness (QED) is 0.345. The highest BCUT2D eigenvalue weighted by atomic mass is 16.7. The molecule has 0 radical (unpaired) electrons. The van der Waals surface area contributed by atoms with Gasteiger partial charge in [-0.3, -0.25) is 0 Å². The van der Waals surface area contributed by atoms with Crippen LogP contribution in [0.2, 0.25) is 0 Å². The Bertz CT molecular complexity index is 147. The zero-order valence-corrected chi connectivity index (χ0v) is 10.3. The lowest BCUT2D eigenvalue weighted by atomic mass is 10.1. The van der Waals surface area contributed by atoms with Crippen molar-refractivity contribution < 1.29 is 9.47 Å². The Labute approximate surface area is 93.8 Å². The van der Waals surface area contributed by atoms with Crippen molar-refractivity contribution in [1.82, 2.24) is 5.32 Å². The summed E-state index contributed by atoms with van der Waals surface area (Å²) in [5.41, 5.74) is 0. The van der Waals surface area contributed by atoms with Gasteiger partial charge < -0.3 is 14.8 Å². The van der Waals surface area contributed by atoms with Crippen LogP contribution in [-0.4, -0.2) is 33.1 Å². The molecule has 0 aliphatic heterocycles. The minimum Gasteiger partial charge on any atom is -0.354 e. The molecule has 1 N–H and O–H groups in total. The predicted octanol–water partition coefficient (Wildman–Crippen LogP) is 2.33. The van der Waals surface area contributed by atoms with E-state index in [4.69, 9.17) is 9.47 Å². The van der Waals surface area contributed by atoms with Crippen LogP contribution in [0.3, 0.4) is 0 Å². The Hall–Kier alpha value is -0.380. The van der Waals surface area contributed by atoms with E-state index in [-0.39, 0.29) is 12.3 Å². The topological polar surface area (TPSA) is 30.5 Å². The van der Waals surface area contributed by atoms with E-state index in [0.717, 1.165) is 32.2 Å². The molecule has 0 amide bonds. The van der Waals surface area contributed by atoms with Crippen molar-refractivity contribution in [3.05, 3.63) is 12.7 Å². The molecule has 3 nitrogen and oxygen atoms in total. The van der Waals surface area contributed by atoms with E-state index >= 15 is 0 Å². The van der Waals surface area contributed by atoms with Crippen molar-refractivity contribution in [3.8, 4) is 0 Å². The molecule has 0 saturated heterocycles. The summed E-state index contributed by atoms with van der Waals surface area (Å²) in [7, 11) is 3.37. The van der Waals surface area contributed by atoms with Crippen molar-refractivity contribution in [2.45, 2.75) is 44.9 Å². The van der Waals surface area contributed by atoms with E-state index in [9.17, 15) is 0 Å². The van der Waals surface area contributed by atoms with Gasteiger partial charge in [-0.25, -0.2) is 0 Å². The monoisotopic (exact) mass is 215 g/mol. The molecular weight excluding hydrogens is 190 g/mol. The SMILES string of the molecule is C=CCCCC(NCCC)C(OC)OC. The fourth-order valence-electron chi connectivity index (χ4n) is 1.57. The standard InChI is InChI=1S/C12H25NO2/c1-5-7-8-9-11(13-10-6-2)12(14-3)15-4/h5,11-13H,1,6-10H2,2-4H3. The van der Waals surface area contributed by atoms with Gasteiger partial charge in [0.2, 0.25) is 0 Å². The van der Waals surface area contributed by atoms with E-state index in [2.05, 4.69) is 18.8 Å². The molecule has 0 aromatic carbocycles. The molecule has 0 aromatic heterocycles. The summed E-state index contributed by atoms with van der Waals surface area (Å²) >= 11 is 0. The summed E-state index contributed by atoms with van der Waals surface area (Å²) in [4.78, 5) is 0. The van der Waals surface area contributed by atoms with Gasteiger partial charge >= 0.3 is 0 Å². The Morgan fingerprint density at radius 3 is 2.47 bits per heavy atom. The average molecular weight is 215 g/mol. The van der Waals surface area contributed by atoms with Crippen LogP contribution in [-0.2, 0) is 9.47 Å². The molecule has 1 atom stereocenters. The first-order valence-corrected chi connectivity index (χ1v) is 5.70. The second kappa shape index (κ2) is 10.1. The van der Waals surface area contributed by atoms with E-state index in [1.807, 2.05) is 6.08 Å². The van der Waals surface area contributed by atoms with Gasteiger partial charge in [-0.05, 0) is 32.2 Å². The summed E-state index contributed by atoms with van der Waals surface area (Å²) in [6.45, 7) is 6.88. The van der Waals surface area contributed by atoms with Crippen molar-refractivity contribution in [3.63, 3.8) is 0 Å². The molecule has 15 heavy (non-hydrogen) atoms. The highest BCUT2D eigenvalue weighted by Gasteiger charge is 2.19. The molecule has 0 spiro atoms. The van der Waals surface area contributed by atoms with Gasteiger partial charge in [-0.2, -0.15) is 0 Å². The van der Waals surface area contributed by atoms with E-state index < -0.39 is 0 Å². The number of hydrogen-bond donors (Lipinski definition) is 1. The zero-order valence-electron chi connectivity index (χ0n) is 10.3. The number of allylic oxidation sites excluding steroid dienone is 1. The first kappa shape index (κ1) is 14.6. The van der Waals surface area contributed by atoms with Crippen LogP contribution in [0, 0.1) is 0 Å². The summed E-state index contributed by atoms with van der Waals surface area (Å²) < 4.78 is 10.6. The predicted molar refractivity (Wildman–Crippen MR) is 63.9 cm³/mol. The zero-order chi connectivity index (χ0) is 11.5. The number of ether oxygens (including phenoxy) is 2. The third kappa shape index (κ3) is 6.66. The van der Waals surface area contributed by atoms with Gasteiger partial charge in [0.05, 0.1) is 6.04 Å². The lowest BCUT2D eigenvalue weighted by molar-refractivity contribution is -0.124. The summed E-state index contributed by atoms with van der Waals surface area (Å²) in [6, 6.07) is 0.278. The summed E-state index contributed by atoms with van der Waals surface area (Å²) in [5.74, 6) is 0. The van der Waals surface area contributed by atoms with Gasteiger partial charge in [-0.15, -0.1) is 6.58 Å². The maximum Gasteiger partial charge on any atom is 0.171 e. The van der Waals surface area contributed by atoms with Crippen molar-refractivity contribution >= 4 is 0 Å². The third-order valence-electron chi connectivity index (χ3n) is 2.37. The van der Waals surface area contributed by atoms with Crippen LogP contribution in [0.1, 0.15) is 32.6 Å². The first-order chi connectivity index (χ1) is 7.29. The van der Waals surface area contributed by atoms with Crippen LogP contribution in [0.25, 0.3) is 0 Å². The lowest BCUT2D eigenvalue weighted by Gasteiger charge is -2.25. The van der Waals surface area contributed by atoms with Gasteiger partial charge in [-0.1, -0.05) is 13.0 Å². The smallest absolute Gasteiger partial charge is 0.171 e. The minimum atomic E-state index is -0.152.